The molecule has 9 heteroatoms. The van der Waals surface area contributed by atoms with Crippen molar-refractivity contribution in [1.82, 2.24) is 9.38 Å². The van der Waals surface area contributed by atoms with E-state index in [-0.39, 0.29) is 17.0 Å². The van der Waals surface area contributed by atoms with Crippen LogP contribution in [0.1, 0.15) is 18.1 Å². The quantitative estimate of drug-likeness (QED) is 0.277. The number of pyridine rings is 1. The maximum absolute atomic E-state index is 13.5. The minimum atomic E-state index is -0.691. The maximum Gasteiger partial charge on any atom is 0.269 e. The van der Waals surface area contributed by atoms with Crippen LogP contribution in [0.3, 0.4) is 0 Å². The number of hydrogen-bond donors (Lipinski definition) is 1. The van der Waals surface area contributed by atoms with E-state index in [2.05, 4.69) is 10.3 Å². The Morgan fingerprint density at radius 3 is 2.51 bits per heavy atom. The maximum atomic E-state index is 13.5. The zero-order valence-corrected chi connectivity index (χ0v) is 20.5. The van der Waals surface area contributed by atoms with Crippen LogP contribution in [-0.4, -0.2) is 29.0 Å². The lowest BCUT2D eigenvalue weighted by Crippen LogP contribution is -2.20. The van der Waals surface area contributed by atoms with Crippen LogP contribution in [0.2, 0.25) is 0 Å². The van der Waals surface area contributed by atoms with Gasteiger partial charge >= 0.3 is 0 Å². The van der Waals surface area contributed by atoms with Crippen LogP contribution in [0.5, 0.6) is 23.1 Å². The summed E-state index contributed by atoms with van der Waals surface area (Å²) in [6.45, 7) is 4.20. The highest BCUT2D eigenvalue weighted by atomic mass is 16.5. The van der Waals surface area contributed by atoms with Crippen LogP contribution >= 0.6 is 0 Å². The van der Waals surface area contributed by atoms with Gasteiger partial charge in [-0.1, -0.05) is 18.2 Å². The minimum Gasteiger partial charge on any atom is -0.494 e. The first-order valence-corrected chi connectivity index (χ1v) is 11.4. The van der Waals surface area contributed by atoms with Crippen LogP contribution in [0, 0.1) is 18.3 Å². The average Bonchev–Trinajstić information content (AvgIpc) is 2.91. The molecule has 37 heavy (non-hydrogen) atoms. The molecule has 2 aromatic heterocycles. The predicted molar refractivity (Wildman–Crippen MR) is 139 cm³/mol. The number of nitrogens with one attached hydrogen (secondary N) is 1. The largest absolute Gasteiger partial charge is 0.494 e. The molecule has 0 unspecified atom stereocenters. The van der Waals surface area contributed by atoms with Crippen molar-refractivity contribution in [3.8, 4) is 29.2 Å². The molecule has 0 fully saturated rings. The average molecular weight is 497 g/mol. The fraction of sp³-hybridized carbons (Fsp3) is 0.143. The minimum absolute atomic E-state index is 0.0626. The standard InChI is InChI=1S/C28H24N4O5/c1-4-36-21-13-11-20(12-14-21)30-26(33)19(17-29)16-22-27(37-24-10-6-5-9-23(24)35-3)31-25-18(2)8-7-15-32(25)28(22)34/h5-16H,4H2,1-3H3,(H,30,33)/b19-16+. The molecule has 0 saturated heterocycles. The Labute approximate surface area is 213 Å². The molecule has 9 nitrogen and oxygen atoms in total. The van der Waals surface area contributed by atoms with Gasteiger partial charge in [-0.05, 0) is 68.0 Å². The second-order valence-electron chi connectivity index (χ2n) is 7.85. The molecule has 2 heterocycles. The van der Waals surface area contributed by atoms with Crippen LogP contribution < -0.4 is 25.1 Å². The number of hydrogen-bond acceptors (Lipinski definition) is 7. The summed E-state index contributed by atoms with van der Waals surface area (Å²) >= 11 is 0. The van der Waals surface area contributed by atoms with Crippen molar-refractivity contribution in [3.63, 3.8) is 0 Å². The summed E-state index contributed by atoms with van der Waals surface area (Å²) in [4.78, 5) is 31.0. The smallest absolute Gasteiger partial charge is 0.269 e. The van der Waals surface area contributed by atoms with Crippen LogP contribution in [-0.2, 0) is 4.79 Å². The molecule has 2 aromatic carbocycles. The third-order valence-corrected chi connectivity index (χ3v) is 5.40. The number of methoxy groups -OCH3 is 1. The Morgan fingerprint density at radius 2 is 1.84 bits per heavy atom. The van der Waals surface area contributed by atoms with E-state index in [9.17, 15) is 14.9 Å². The summed E-state index contributed by atoms with van der Waals surface area (Å²) in [5, 5.41) is 12.4. The van der Waals surface area contributed by atoms with Crippen molar-refractivity contribution in [3.05, 3.63) is 93.9 Å². The van der Waals surface area contributed by atoms with Crippen molar-refractivity contribution in [2.75, 3.05) is 19.0 Å². The first-order valence-electron chi connectivity index (χ1n) is 11.4. The molecule has 4 aromatic rings. The summed E-state index contributed by atoms with van der Waals surface area (Å²) in [6, 6.07) is 19.0. The normalized spacial score (nSPS) is 11.0. The number of para-hydroxylation sites is 2. The number of nitriles is 1. The molecular weight excluding hydrogens is 472 g/mol. The number of aryl methyl sites for hydroxylation is 1. The van der Waals surface area contributed by atoms with E-state index in [4.69, 9.17) is 14.2 Å². The number of anilines is 1. The third-order valence-electron chi connectivity index (χ3n) is 5.40. The third kappa shape index (κ3) is 5.44. The van der Waals surface area contributed by atoms with Crippen molar-refractivity contribution in [2.24, 2.45) is 0 Å². The van der Waals surface area contributed by atoms with E-state index in [1.807, 2.05) is 26.0 Å². The lowest BCUT2D eigenvalue weighted by atomic mass is 10.1. The lowest BCUT2D eigenvalue weighted by Gasteiger charge is -2.13. The molecule has 4 rings (SSSR count). The zero-order chi connectivity index (χ0) is 26.4. The fourth-order valence-electron chi connectivity index (χ4n) is 3.59. The van der Waals surface area contributed by atoms with Gasteiger partial charge in [0, 0.05) is 11.9 Å². The monoisotopic (exact) mass is 496 g/mol. The van der Waals surface area contributed by atoms with Gasteiger partial charge in [0.05, 0.1) is 13.7 Å². The highest BCUT2D eigenvalue weighted by Gasteiger charge is 2.19. The number of carbonyl (C=O) groups is 1. The molecule has 0 radical (unpaired) electrons. The lowest BCUT2D eigenvalue weighted by molar-refractivity contribution is -0.112. The molecule has 0 bridgehead atoms. The van der Waals surface area contributed by atoms with E-state index in [0.29, 0.717) is 35.2 Å². The van der Waals surface area contributed by atoms with Crippen molar-refractivity contribution in [2.45, 2.75) is 13.8 Å². The van der Waals surface area contributed by atoms with Crippen molar-refractivity contribution in [1.29, 1.82) is 5.26 Å². The summed E-state index contributed by atoms with van der Waals surface area (Å²) in [7, 11) is 1.49. The van der Waals surface area contributed by atoms with E-state index in [0.717, 1.165) is 5.56 Å². The van der Waals surface area contributed by atoms with Gasteiger partial charge < -0.3 is 19.5 Å². The molecule has 0 aliphatic rings. The second-order valence-corrected chi connectivity index (χ2v) is 7.85. The Balaban J connectivity index is 1.78. The van der Waals surface area contributed by atoms with E-state index < -0.39 is 11.5 Å². The van der Waals surface area contributed by atoms with Gasteiger partial charge in [0.25, 0.3) is 11.5 Å². The SMILES string of the molecule is CCOc1ccc(NC(=O)/C(C#N)=C/c2c(Oc3ccccc3OC)nc3c(C)cccn3c2=O)cc1. The summed E-state index contributed by atoms with van der Waals surface area (Å²) in [6.07, 6.45) is 2.74. The second kappa shape index (κ2) is 11.1. The number of benzene rings is 2. The predicted octanol–water partition coefficient (Wildman–Crippen LogP) is 4.75. The number of rotatable bonds is 8. The van der Waals surface area contributed by atoms with Crippen molar-refractivity contribution < 1.29 is 19.0 Å². The van der Waals surface area contributed by atoms with Gasteiger partial charge in [-0.2, -0.15) is 10.2 Å². The Bertz CT molecular complexity index is 1580. The first kappa shape index (κ1) is 25.0. The Kier molecular flexibility index (Phi) is 7.50. The number of aromatic nitrogens is 2. The number of nitrogens with zero attached hydrogens (tertiary/aromatic N) is 3. The zero-order valence-electron chi connectivity index (χ0n) is 20.5. The topological polar surface area (TPSA) is 115 Å². The van der Waals surface area contributed by atoms with E-state index >= 15 is 0 Å². The number of amides is 1. The molecule has 0 aliphatic carbocycles. The van der Waals surface area contributed by atoms with Gasteiger partial charge in [0.15, 0.2) is 11.5 Å². The van der Waals surface area contributed by atoms with E-state index in [1.165, 1.54) is 17.6 Å². The van der Waals surface area contributed by atoms with Crippen LogP contribution in [0.25, 0.3) is 11.7 Å². The van der Waals surface area contributed by atoms with E-state index in [1.54, 1.807) is 60.8 Å². The number of carbonyl (C=O) groups excluding carboxylic acids is 1. The molecule has 0 spiro atoms. The first-order chi connectivity index (χ1) is 17.9. The van der Waals surface area contributed by atoms with Gasteiger partial charge in [-0.25, -0.2) is 0 Å². The summed E-state index contributed by atoms with van der Waals surface area (Å²) in [5.41, 5.74) is 0.725. The van der Waals surface area contributed by atoms with Gasteiger partial charge in [0.1, 0.15) is 28.6 Å². The van der Waals surface area contributed by atoms with Gasteiger partial charge in [-0.3, -0.25) is 14.0 Å². The molecule has 1 amide bonds. The molecular formula is C28H24N4O5. The van der Waals surface area contributed by atoms with Crippen LogP contribution in [0.15, 0.2) is 77.2 Å². The van der Waals surface area contributed by atoms with Crippen molar-refractivity contribution >= 4 is 23.3 Å². The molecule has 0 saturated carbocycles. The Hall–Kier alpha value is -5.10. The number of fused-ring (bicyclic) bond motifs is 1. The summed E-state index contributed by atoms with van der Waals surface area (Å²) in [5.74, 6) is 0.647. The Morgan fingerprint density at radius 1 is 1.11 bits per heavy atom. The van der Waals surface area contributed by atoms with Gasteiger partial charge in [-0.15, -0.1) is 0 Å². The highest BCUT2D eigenvalue weighted by Crippen LogP contribution is 2.32. The fourth-order valence-corrected chi connectivity index (χ4v) is 3.59. The highest BCUT2D eigenvalue weighted by molar-refractivity contribution is 6.09. The molecule has 186 valence electrons. The summed E-state index contributed by atoms with van der Waals surface area (Å²) < 4.78 is 18.1. The van der Waals surface area contributed by atoms with Gasteiger partial charge in [0.2, 0.25) is 5.88 Å². The molecule has 1 N–H and O–H groups in total. The molecule has 0 atom stereocenters. The molecule has 0 aliphatic heterocycles. The number of ether oxygens (including phenoxy) is 3. The van der Waals surface area contributed by atoms with Crippen LogP contribution in [0.4, 0.5) is 5.69 Å².